The Morgan fingerprint density at radius 2 is 2.00 bits per heavy atom. The van der Waals surface area contributed by atoms with Crippen LogP contribution in [0.2, 0.25) is 0 Å². The molecule has 1 saturated heterocycles. The van der Waals surface area contributed by atoms with E-state index in [2.05, 4.69) is 47.3 Å². The Kier molecular flexibility index (Phi) is 9.52. The van der Waals surface area contributed by atoms with E-state index in [9.17, 15) is 4.79 Å². The first-order valence-electron chi connectivity index (χ1n) is 10.6. The Morgan fingerprint density at radius 3 is 2.69 bits per heavy atom. The van der Waals surface area contributed by atoms with Gasteiger partial charge in [-0.25, -0.2) is 4.99 Å². The molecule has 1 aromatic carbocycles. The van der Waals surface area contributed by atoms with Gasteiger partial charge in [-0.1, -0.05) is 12.1 Å². The average Bonchev–Trinajstić information content (AvgIpc) is 2.71. The minimum atomic E-state index is -0.0527. The lowest BCUT2D eigenvalue weighted by Gasteiger charge is -2.33. The van der Waals surface area contributed by atoms with Gasteiger partial charge in [-0.2, -0.15) is 0 Å². The van der Waals surface area contributed by atoms with Crippen molar-refractivity contribution >= 4 is 41.6 Å². The molecular weight excluding hydrogens is 479 g/mol. The number of fused-ring (bicyclic) bond motifs is 1. The second-order valence-electron chi connectivity index (χ2n) is 7.67. The van der Waals surface area contributed by atoms with Gasteiger partial charge in [0.15, 0.2) is 5.96 Å². The van der Waals surface area contributed by atoms with Crippen LogP contribution in [0.15, 0.2) is 23.2 Å². The number of anilines is 1. The Labute approximate surface area is 192 Å². The molecule has 3 rings (SSSR count). The lowest BCUT2D eigenvalue weighted by molar-refractivity contribution is -0.149. The maximum absolute atomic E-state index is 12.0. The normalized spacial score (nSPS) is 17.4. The van der Waals surface area contributed by atoms with Gasteiger partial charge < -0.3 is 19.9 Å². The van der Waals surface area contributed by atoms with E-state index in [1.807, 2.05) is 6.92 Å². The fraction of sp³-hybridized carbons (Fsp3) is 0.636. The van der Waals surface area contributed by atoms with Crippen LogP contribution in [-0.2, 0) is 22.5 Å². The number of hydrogen-bond donors (Lipinski definition) is 1. The molecular formula is C22H35IN4O2. The van der Waals surface area contributed by atoms with Crippen LogP contribution in [0.1, 0.15) is 44.2 Å². The monoisotopic (exact) mass is 514 g/mol. The maximum atomic E-state index is 12.0. The molecule has 1 fully saturated rings. The van der Waals surface area contributed by atoms with Gasteiger partial charge in [-0.15, -0.1) is 24.0 Å². The number of nitrogens with zero attached hydrogens (tertiary/aromatic N) is 3. The summed E-state index contributed by atoms with van der Waals surface area (Å²) in [7, 11) is 2.17. The Bertz CT molecular complexity index is 702. The van der Waals surface area contributed by atoms with Crippen molar-refractivity contribution in [2.75, 3.05) is 44.7 Å². The van der Waals surface area contributed by atoms with E-state index < -0.39 is 0 Å². The first-order chi connectivity index (χ1) is 13.6. The second-order valence-corrected chi connectivity index (χ2v) is 7.67. The number of guanidine groups is 1. The van der Waals surface area contributed by atoms with Crippen LogP contribution in [0.5, 0.6) is 0 Å². The van der Waals surface area contributed by atoms with Crippen molar-refractivity contribution in [3.63, 3.8) is 0 Å². The van der Waals surface area contributed by atoms with Crippen molar-refractivity contribution in [3.05, 3.63) is 29.3 Å². The van der Waals surface area contributed by atoms with Crippen molar-refractivity contribution in [2.24, 2.45) is 10.9 Å². The lowest BCUT2D eigenvalue weighted by Crippen LogP contribution is -2.46. The molecule has 6 nitrogen and oxygen atoms in total. The smallest absolute Gasteiger partial charge is 0.309 e. The number of carbonyl (C=O) groups is 1. The van der Waals surface area contributed by atoms with Crippen molar-refractivity contribution in [1.82, 2.24) is 10.2 Å². The fourth-order valence-corrected chi connectivity index (χ4v) is 4.12. The molecule has 0 unspecified atom stereocenters. The molecule has 1 N–H and O–H groups in total. The molecule has 0 aromatic heterocycles. The van der Waals surface area contributed by atoms with Gasteiger partial charge in [0.1, 0.15) is 0 Å². The van der Waals surface area contributed by atoms with E-state index in [0.29, 0.717) is 13.2 Å². The summed E-state index contributed by atoms with van der Waals surface area (Å²) in [5, 5.41) is 3.41. The molecule has 0 saturated carbocycles. The van der Waals surface area contributed by atoms with Gasteiger partial charge in [0, 0.05) is 38.9 Å². The molecule has 2 aliphatic rings. The molecule has 0 atom stereocenters. The summed E-state index contributed by atoms with van der Waals surface area (Å²) in [6.45, 7) is 8.74. The molecule has 0 spiro atoms. The summed E-state index contributed by atoms with van der Waals surface area (Å²) < 4.78 is 5.18. The summed E-state index contributed by atoms with van der Waals surface area (Å²) in [5.74, 6) is 0.916. The molecule has 2 aliphatic heterocycles. The third kappa shape index (κ3) is 6.23. The van der Waals surface area contributed by atoms with Gasteiger partial charge in [0.2, 0.25) is 0 Å². The number of nitrogens with one attached hydrogen (secondary N) is 1. The highest BCUT2D eigenvalue weighted by molar-refractivity contribution is 14.0. The van der Waals surface area contributed by atoms with E-state index in [-0.39, 0.29) is 35.9 Å². The van der Waals surface area contributed by atoms with E-state index in [1.54, 1.807) is 0 Å². The minimum absolute atomic E-state index is 0. The number of likely N-dealkylation sites (tertiary alicyclic amines) is 1. The van der Waals surface area contributed by atoms with Crippen molar-refractivity contribution in [1.29, 1.82) is 0 Å². The van der Waals surface area contributed by atoms with Crippen molar-refractivity contribution in [3.8, 4) is 0 Å². The number of carbonyl (C=O) groups excluding carboxylic acids is 1. The van der Waals surface area contributed by atoms with E-state index in [1.165, 1.54) is 23.2 Å². The molecule has 2 heterocycles. The maximum Gasteiger partial charge on any atom is 0.309 e. The average molecular weight is 514 g/mol. The Balaban J connectivity index is 0.00000300. The van der Waals surface area contributed by atoms with E-state index >= 15 is 0 Å². The highest BCUT2D eigenvalue weighted by Gasteiger charge is 2.27. The SMILES string of the molecule is CCNC(=NCc1ccc2c(c1)CCCN2C)N1CCC(C(=O)OCC)CC1.I. The molecule has 0 amide bonds. The molecule has 29 heavy (non-hydrogen) atoms. The van der Waals surface area contributed by atoms with Gasteiger partial charge in [-0.3, -0.25) is 4.79 Å². The number of piperidine rings is 1. The third-order valence-corrected chi connectivity index (χ3v) is 5.66. The topological polar surface area (TPSA) is 57.2 Å². The number of aryl methyl sites for hydroxylation is 1. The van der Waals surface area contributed by atoms with E-state index in [0.717, 1.165) is 51.4 Å². The standard InChI is InChI=1S/C22H34N4O2.HI/c1-4-23-22(26-13-10-18(11-14-26)21(27)28-5-2)24-16-17-8-9-20-19(15-17)7-6-12-25(20)3;/h8-9,15,18H,4-7,10-14,16H2,1-3H3,(H,23,24);1H. The molecule has 0 bridgehead atoms. The highest BCUT2D eigenvalue weighted by atomic mass is 127. The van der Waals surface area contributed by atoms with Gasteiger partial charge in [0.05, 0.1) is 19.1 Å². The van der Waals surface area contributed by atoms with Crippen LogP contribution in [-0.4, -0.2) is 56.7 Å². The molecule has 7 heteroatoms. The van der Waals surface area contributed by atoms with Crippen molar-refractivity contribution in [2.45, 2.75) is 46.1 Å². The van der Waals surface area contributed by atoms with Crippen LogP contribution >= 0.6 is 24.0 Å². The van der Waals surface area contributed by atoms with Crippen LogP contribution in [0.4, 0.5) is 5.69 Å². The number of esters is 1. The van der Waals surface area contributed by atoms with Crippen LogP contribution in [0.25, 0.3) is 0 Å². The van der Waals surface area contributed by atoms with Crippen LogP contribution in [0, 0.1) is 5.92 Å². The summed E-state index contributed by atoms with van der Waals surface area (Å²) in [6, 6.07) is 6.74. The third-order valence-electron chi connectivity index (χ3n) is 5.66. The number of halogens is 1. The number of rotatable bonds is 5. The number of aliphatic imine (C=N–C) groups is 1. The van der Waals surface area contributed by atoms with Crippen LogP contribution < -0.4 is 10.2 Å². The first-order valence-corrected chi connectivity index (χ1v) is 10.6. The Hall–Kier alpha value is -1.51. The molecule has 0 aliphatic carbocycles. The second kappa shape index (κ2) is 11.6. The Morgan fingerprint density at radius 1 is 1.24 bits per heavy atom. The summed E-state index contributed by atoms with van der Waals surface area (Å²) in [5.41, 5.74) is 4.04. The lowest BCUT2D eigenvalue weighted by atomic mass is 9.97. The highest BCUT2D eigenvalue weighted by Crippen LogP contribution is 2.27. The summed E-state index contributed by atoms with van der Waals surface area (Å²) in [6.07, 6.45) is 4.02. The van der Waals surface area contributed by atoms with Gasteiger partial charge in [0.25, 0.3) is 0 Å². The zero-order chi connectivity index (χ0) is 19.9. The quantitative estimate of drug-likeness (QED) is 0.283. The molecule has 1 aromatic rings. The predicted octanol–water partition coefficient (Wildman–Crippen LogP) is 3.43. The minimum Gasteiger partial charge on any atom is -0.466 e. The molecule has 162 valence electrons. The van der Waals surface area contributed by atoms with Gasteiger partial charge in [-0.05, 0) is 56.7 Å². The number of hydrogen-bond acceptors (Lipinski definition) is 4. The number of ether oxygens (including phenoxy) is 1. The van der Waals surface area contributed by atoms with Crippen LogP contribution in [0.3, 0.4) is 0 Å². The number of benzene rings is 1. The molecule has 0 radical (unpaired) electrons. The van der Waals surface area contributed by atoms with Crippen molar-refractivity contribution < 1.29 is 9.53 Å². The van der Waals surface area contributed by atoms with E-state index in [4.69, 9.17) is 9.73 Å². The van der Waals surface area contributed by atoms with Gasteiger partial charge >= 0.3 is 5.97 Å². The largest absolute Gasteiger partial charge is 0.466 e. The summed E-state index contributed by atoms with van der Waals surface area (Å²) >= 11 is 0. The summed E-state index contributed by atoms with van der Waals surface area (Å²) in [4.78, 5) is 21.5. The first kappa shape index (κ1) is 23.8. The predicted molar refractivity (Wildman–Crippen MR) is 129 cm³/mol. The zero-order valence-electron chi connectivity index (χ0n) is 17.9. The zero-order valence-corrected chi connectivity index (χ0v) is 20.3. The fourth-order valence-electron chi connectivity index (χ4n) is 4.12.